The van der Waals surface area contributed by atoms with E-state index in [2.05, 4.69) is 53.7 Å². The summed E-state index contributed by atoms with van der Waals surface area (Å²) in [5.41, 5.74) is 4.63. The number of rotatable bonds is 3. The van der Waals surface area contributed by atoms with E-state index < -0.39 is 0 Å². The van der Waals surface area contributed by atoms with Crippen LogP contribution < -0.4 is 4.74 Å². The van der Waals surface area contributed by atoms with E-state index in [0.717, 1.165) is 28.4 Å². The van der Waals surface area contributed by atoms with Gasteiger partial charge >= 0.3 is 0 Å². The Kier molecular flexibility index (Phi) is 3.48. The number of nitrogens with zero attached hydrogens (tertiary/aromatic N) is 2. The molecule has 0 saturated carbocycles. The molecule has 3 heteroatoms. The fraction of sp³-hybridized carbons (Fsp3) is 0.167. The lowest BCUT2D eigenvalue weighted by Gasteiger charge is -2.12. The standard InChI is InChI=1S/C18H18N2O/c1-13-4-6-15(7-5-13)18-19-10-11-20(18)17-9-8-16(21-3)12-14(17)2/h4-12H,1-3H3. The first kappa shape index (κ1) is 13.4. The van der Waals surface area contributed by atoms with E-state index in [1.54, 1.807) is 7.11 Å². The Bertz CT molecular complexity index is 757. The molecule has 0 unspecified atom stereocenters. The van der Waals surface area contributed by atoms with Crippen molar-refractivity contribution in [2.45, 2.75) is 13.8 Å². The average molecular weight is 278 g/mol. The number of aryl methyl sites for hydroxylation is 2. The molecule has 3 nitrogen and oxygen atoms in total. The van der Waals surface area contributed by atoms with Gasteiger partial charge in [0, 0.05) is 18.0 Å². The lowest BCUT2D eigenvalue weighted by atomic mass is 10.1. The van der Waals surface area contributed by atoms with E-state index in [1.165, 1.54) is 5.56 Å². The van der Waals surface area contributed by atoms with E-state index in [-0.39, 0.29) is 0 Å². The number of methoxy groups -OCH3 is 1. The summed E-state index contributed by atoms with van der Waals surface area (Å²) in [6.07, 6.45) is 3.82. The van der Waals surface area contributed by atoms with Crippen LogP contribution in [0.1, 0.15) is 11.1 Å². The predicted octanol–water partition coefficient (Wildman–Crippen LogP) is 4.16. The van der Waals surface area contributed by atoms with Gasteiger partial charge in [-0.05, 0) is 37.6 Å². The van der Waals surface area contributed by atoms with Crippen LogP contribution in [0.5, 0.6) is 5.75 Å². The molecule has 0 aliphatic carbocycles. The molecule has 1 aromatic heterocycles. The molecule has 0 spiro atoms. The quantitative estimate of drug-likeness (QED) is 0.719. The summed E-state index contributed by atoms with van der Waals surface area (Å²) in [7, 11) is 1.68. The number of benzene rings is 2. The first-order valence-electron chi connectivity index (χ1n) is 6.94. The molecule has 21 heavy (non-hydrogen) atoms. The van der Waals surface area contributed by atoms with Crippen molar-refractivity contribution in [3.8, 4) is 22.8 Å². The number of aromatic nitrogens is 2. The van der Waals surface area contributed by atoms with Gasteiger partial charge in [-0.15, -0.1) is 0 Å². The van der Waals surface area contributed by atoms with Crippen LogP contribution in [-0.2, 0) is 0 Å². The van der Waals surface area contributed by atoms with Crippen LogP contribution in [0.2, 0.25) is 0 Å². The van der Waals surface area contributed by atoms with Crippen LogP contribution in [0.25, 0.3) is 17.1 Å². The van der Waals surface area contributed by atoms with E-state index in [1.807, 2.05) is 24.5 Å². The van der Waals surface area contributed by atoms with Gasteiger partial charge in [0.25, 0.3) is 0 Å². The van der Waals surface area contributed by atoms with Crippen molar-refractivity contribution >= 4 is 0 Å². The molecule has 0 bridgehead atoms. The Balaban J connectivity index is 2.09. The second-order valence-corrected chi connectivity index (χ2v) is 5.14. The zero-order valence-corrected chi connectivity index (χ0v) is 12.5. The molecule has 0 N–H and O–H groups in total. The van der Waals surface area contributed by atoms with Gasteiger partial charge in [0.15, 0.2) is 0 Å². The van der Waals surface area contributed by atoms with Gasteiger partial charge < -0.3 is 4.74 Å². The molecular weight excluding hydrogens is 260 g/mol. The first-order valence-corrected chi connectivity index (χ1v) is 6.94. The Hall–Kier alpha value is -2.55. The van der Waals surface area contributed by atoms with Crippen molar-refractivity contribution < 1.29 is 4.74 Å². The van der Waals surface area contributed by atoms with Crippen molar-refractivity contribution in [3.63, 3.8) is 0 Å². The highest BCUT2D eigenvalue weighted by Gasteiger charge is 2.10. The monoisotopic (exact) mass is 278 g/mol. The van der Waals surface area contributed by atoms with Crippen molar-refractivity contribution in [1.82, 2.24) is 9.55 Å². The molecule has 0 saturated heterocycles. The second-order valence-electron chi connectivity index (χ2n) is 5.14. The maximum Gasteiger partial charge on any atom is 0.144 e. The fourth-order valence-corrected chi connectivity index (χ4v) is 2.44. The van der Waals surface area contributed by atoms with Gasteiger partial charge in [0.05, 0.1) is 12.8 Å². The van der Waals surface area contributed by atoms with Crippen LogP contribution in [0.3, 0.4) is 0 Å². The van der Waals surface area contributed by atoms with Crippen molar-refractivity contribution in [1.29, 1.82) is 0 Å². The summed E-state index contributed by atoms with van der Waals surface area (Å²) in [6.45, 7) is 4.17. The van der Waals surface area contributed by atoms with Crippen LogP contribution in [0.4, 0.5) is 0 Å². The lowest BCUT2D eigenvalue weighted by molar-refractivity contribution is 0.414. The number of imidazole rings is 1. The highest BCUT2D eigenvalue weighted by molar-refractivity contribution is 5.60. The van der Waals surface area contributed by atoms with Gasteiger partial charge in [-0.1, -0.05) is 29.8 Å². The summed E-state index contributed by atoms with van der Waals surface area (Å²) in [5.74, 6) is 1.82. The Morgan fingerprint density at radius 1 is 1.00 bits per heavy atom. The summed E-state index contributed by atoms with van der Waals surface area (Å²) >= 11 is 0. The zero-order chi connectivity index (χ0) is 14.8. The molecular formula is C18H18N2O. The van der Waals surface area contributed by atoms with Gasteiger partial charge in [0.2, 0.25) is 0 Å². The molecule has 106 valence electrons. The molecule has 0 aliphatic heterocycles. The molecule has 2 aromatic carbocycles. The maximum atomic E-state index is 5.27. The lowest BCUT2D eigenvalue weighted by Crippen LogP contribution is -1.99. The minimum absolute atomic E-state index is 0.869. The fourth-order valence-electron chi connectivity index (χ4n) is 2.44. The van der Waals surface area contributed by atoms with E-state index in [4.69, 9.17) is 4.74 Å². The molecule has 0 atom stereocenters. The molecule has 0 amide bonds. The minimum Gasteiger partial charge on any atom is -0.497 e. The predicted molar refractivity (Wildman–Crippen MR) is 85.0 cm³/mol. The molecule has 3 aromatic rings. The molecule has 0 aliphatic rings. The number of hydrogen-bond acceptors (Lipinski definition) is 2. The minimum atomic E-state index is 0.869. The smallest absolute Gasteiger partial charge is 0.144 e. The molecule has 0 radical (unpaired) electrons. The third kappa shape index (κ3) is 2.55. The van der Waals surface area contributed by atoms with Crippen molar-refractivity contribution in [2.24, 2.45) is 0 Å². The molecule has 3 rings (SSSR count). The SMILES string of the molecule is COc1ccc(-n2ccnc2-c2ccc(C)cc2)c(C)c1. The third-order valence-electron chi connectivity index (χ3n) is 3.61. The van der Waals surface area contributed by atoms with Gasteiger partial charge in [-0.3, -0.25) is 4.57 Å². The van der Waals surface area contributed by atoms with E-state index >= 15 is 0 Å². The van der Waals surface area contributed by atoms with Crippen LogP contribution in [-0.4, -0.2) is 16.7 Å². The van der Waals surface area contributed by atoms with Gasteiger partial charge in [0.1, 0.15) is 11.6 Å². The Morgan fingerprint density at radius 2 is 1.76 bits per heavy atom. The summed E-state index contributed by atoms with van der Waals surface area (Å²) in [6, 6.07) is 14.5. The van der Waals surface area contributed by atoms with Gasteiger partial charge in [-0.2, -0.15) is 0 Å². The van der Waals surface area contributed by atoms with Crippen LogP contribution in [0.15, 0.2) is 54.9 Å². The van der Waals surface area contributed by atoms with Crippen molar-refractivity contribution in [2.75, 3.05) is 7.11 Å². The molecule has 0 fully saturated rings. The number of ether oxygens (including phenoxy) is 1. The average Bonchev–Trinajstić information content (AvgIpc) is 2.97. The highest BCUT2D eigenvalue weighted by atomic mass is 16.5. The summed E-state index contributed by atoms with van der Waals surface area (Å²) in [4.78, 5) is 4.51. The summed E-state index contributed by atoms with van der Waals surface area (Å²) < 4.78 is 7.38. The van der Waals surface area contributed by atoms with Crippen LogP contribution >= 0.6 is 0 Å². The summed E-state index contributed by atoms with van der Waals surface area (Å²) in [5, 5.41) is 0. The normalized spacial score (nSPS) is 10.6. The van der Waals surface area contributed by atoms with E-state index in [0.29, 0.717) is 0 Å². The Labute approximate surface area is 124 Å². The first-order chi connectivity index (χ1) is 10.2. The number of hydrogen-bond donors (Lipinski definition) is 0. The second kappa shape index (κ2) is 5.44. The van der Waals surface area contributed by atoms with Crippen molar-refractivity contribution in [3.05, 3.63) is 66.0 Å². The maximum absolute atomic E-state index is 5.27. The zero-order valence-electron chi connectivity index (χ0n) is 12.5. The largest absolute Gasteiger partial charge is 0.497 e. The Morgan fingerprint density at radius 3 is 2.43 bits per heavy atom. The van der Waals surface area contributed by atoms with Crippen LogP contribution in [0, 0.1) is 13.8 Å². The molecule has 1 heterocycles. The topological polar surface area (TPSA) is 27.1 Å². The third-order valence-corrected chi connectivity index (χ3v) is 3.61. The van der Waals surface area contributed by atoms with E-state index in [9.17, 15) is 0 Å². The van der Waals surface area contributed by atoms with Gasteiger partial charge in [-0.25, -0.2) is 4.98 Å². The highest BCUT2D eigenvalue weighted by Crippen LogP contribution is 2.26.